The van der Waals surface area contributed by atoms with Crippen molar-refractivity contribution in [1.82, 2.24) is 9.80 Å². The van der Waals surface area contributed by atoms with E-state index in [4.69, 9.17) is 4.74 Å². The van der Waals surface area contributed by atoms with Gasteiger partial charge in [-0.1, -0.05) is 12.8 Å². The molecule has 1 atom stereocenters. The van der Waals surface area contributed by atoms with E-state index in [9.17, 15) is 9.18 Å². The summed E-state index contributed by atoms with van der Waals surface area (Å²) in [5, 5.41) is 0. The Balaban J connectivity index is 1.76. The summed E-state index contributed by atoms with van der Waals surface area (Å²) >= 11 is 0. The van der Waals surface area contributed by atoms with E-state index < -0.39 is 0 Å². The molecule has 1 amide bonds. The number of carbonyl (C=O) groups excluding carboxylic acids is 1. The fourth-order valence-electron chi connectivity index (χ4n) is 2.78. The number of hydrogen-bond acceptors (Lipinski definition) is 3. The van der Waals surface area contributed by atoms with Crippen molar-refractivity contribution >= 4 is 5.91 Å². The molecule has 1 aliphatic rings. The Morgan fingerprint density at radius 2 is 1.83 bits per heavy atom. The number of halogens is 1. The van der Waals surface area contributed by atoms with Crippen LogP contribution >= 0.6 is 0 Å². The van der Waals surface area contributed by atoms with Crippen LogP contribution in [0.4, 0.5) is 4.39 Å². The maximum atomic E-state index is 12.8. The first-order valence-electron chi connectivity index (χ1n) is 8.45. The van der Waals surface area contributed by atoms with Crippen LogP contribution in [-0.2, 0) is 4.79 Å². The first kappa shape index (κ1) is 17.7. The molecule has 4 nitrogen and oxygen atoms in total. The van der Waals surface area contributed by atoms with Crippen LogP contribution in [0.15, 0.2) is 24.3 Å². The Morgan fingerprint density at radius 1 is 1.22 bits per heavy atom. The molecule has 1 aromatic rings. The van der Waals surface area contributed by atoms with Gasteiger partial charge in [-0.2, -0.15) is 0 Å². The second-order valence-electron chi connectivity index (χ2n) is 6.20. The molecule has 2 rings (SSSR count). The molecular weight excluding hydrogens is 295 g/mol. The Labute approximate surface area is 138 Å². The second kappa shape index (κ2) is 8.87. The van der Waals surface area contributed by atoms with Crippen molar-refractivity contribution in [2.45, 2.75) is 38.6 Å². The fourth-order valence-corrected chi connectivity index (χ4v) is 2.78. The predicted molar refractivity (Wildman–Crippen MR) is 89.0 cm³/mol. The minimum absolute atomic E-state index is 0.148. The molecule has 1 aliphatic heterocycles. The lowest BCUT2D eigenvalue weighted by atomic mass is 10.2. The van der Waals surface area contributed by atoms with E-state index in [1.807, 2.05) is 23.8 Å². The Kier molecular flexibility index (Phi) is 6.84. The van der Waals surface area contributed by atoms with Crippen molar-refractivity contribution < 1.29 is 13.9 Å². The lowest BCUT2D eigenvalue weighted by Gasteiger charge is -2.29. The van der Waals surface area contributed by atoms with Gasteiger partial charge in [-0.25, -0.2) is 4.39 Å². The highest BCUT2D eigenvalue weighted by Crippen LogP contribution is 2.13. The highest BCUT2D eigenvalue weighted by molar-refractivity contribution is 5.81. The summed E-state index contributed by atoms with van der Waals surface area (Å²) in [6.07, 6.45) is 4.66. The van der Waals surface area contributed by atoms with E-state index in [1.54, 1.807) is 12.1 Å². The van der Waals surface area contributed by atoms with Gasteiger partial charge < -0.3 is 9.64 Å². The van der Waals surface area contributed by atoms with E-state index in [0.29, 0.717) is 18.9 Å². The molecule has 0 N–H and O–H groups in total. The van der Waals surface area contributed by atoms with Crippen molar-refractivity contribution in [2.24, 2.45) is 0 Å². The van der Waals surface area contributed by atoms with Crippen LogP contribution in [0.3, 0.4) is 0 Å². The first-order chi connectivity index (χ1) is 11.1. The Hall–Kier alpha value is -1.62. The number of nitrogens with zero attached hydrogens (tertiary/aromatic N) is 2. The second-order valence-corrected chi connectivity index (χ2v) is 6.20. The van der Waals surface area contributed by atoms with Crippen LogP contribution in [0, 0.1) is 5.82 Å². The van der Waals surface area contributed by atoms with Gasteiger partial charge in [0.25, 0.3) is 0 Å². The topological polar surface area (TPSA) is 32.8 Å². The van der Waals surface area contributed by atoms with Gasteiger partial charge in [0.15, 0.2) is 0 Å². The molecule has 1 unspecified atom stereocenters. The van der Waals surface area contributed by atoms with E-state index in [0.717, 1.165) is 25.9 Å². The summed E-state index contributed by atoms with van der Waals surface area (Å²) in [7, 11) is 1.94. The van der Waals surface area contributed by atoms with Crippen LogP contribution in [0.2, 0.25) is 0 Å². The van der Waals surface area contributed by atoms with Crippen molar-refractivity contribution in [3.05, 3.63) is 30.1 Å². The standard InChI is InChI=1S/C18H27FN2O2/c1-15(18(22)21-11-5-3-4-6-12-21)20(2)13-14-23-17-9-7-16(19)8-10-17/h7-10,15H,3-6,11-14H2,1-2H3. The summed E-state index contributed by atoms with van der Waals surface area (Å²) in [6.45, 7) is 4.83. The molecule has 23 heavy (non-hydrogen) atoms. The third-order valence-corrected chi connectivity index (χ3v) is 4.46. The molecule has 5 heteroatoms. The van der Waals surface area contributed by atoms with Crippen LogP contribution in [0.5, 0.6) is 5.75 Å². The molecule has 128 valence electrons. The Bertz CT molecular complexity index is 484. The number of likely N-dealkylation sites (tertiary alicyclic amines) is 1. The molecule has 1 aromatic carbocycles. The summed E-state index contributed by atoms with van der Waals surface area (Å²) < 4.78 is 18.4. The van der Waals surface area contributed by atoms with Crippen LogP contribution < -0.4 is 4.74 Å². The number of ether oxygens (including phenoxy) is 1. The molecule has 0 bridgehead atoms. The molecular formula is C18H27FN2O2. The number of carbonyl (C=O) groups is 1. The lowest BCUT2D eigenvalue weighted by Crippen LogP contribution is -2.47. The van der Waals surface area contributed by atoms with Gasteiger partial charge in [0.05, 0.1) is 6.04 Å². The van der Waals surface area contributed by atoms with Gasteiger partial charge in [0.1, 0.15) is 18.2 Å². The van der Waals surface area contributed by atoms with Crippen LogP contribution in [0.25, 0.3) is 0 Å². The third kappa shape index (κ3) is 5.50. The van der Waals surface area contributed by atoms with Gasteiger partial charge >= 0.3 is 0 Å². The van der Waals surface area contributed by atoms with Gasteiger partial charge in [-0.3, -0.25) is 9.69 Å². The number of hydrogen-bond donors (Lipinski definition) is 0. The predicted octanol–water partition coefficient (Wildman–Crippen LogP) is 2.93. The van der Waals surface area contributed by atoms with Crippen molar-refractivity contribution in [2.75, 3.05) is 33.3 Å². The lowest BCUT2D eigenvalue weighted by molar-refractivity contribution is -0.136. The zero-order valence-electron chi connectivity index (χ0n) is 14.1. The van der Waals surface area contributed by atoms with Crippen LogP contribution in [-0.4, -0.2) is 55.0 Å². The van der Waals surface area contributed by atoms with Crippen molar-refractivity contribution in [1.29, 1.82) is 0 Å². The van der Waals surface area contributed by atoms with E-state index in [-0.39, 0.29) is 17.8 Å². The van der Waals surface area contributed by atoms with E-state index in [1.165, 1.54) is 25.0 Å². The largest absolute Gasteiger partial charge is 0.492 e. The third-order valence-electron chi connectivity index (χ3n) is 4.46. The minimum atomic E-state index is -0.272. The smallest absolute Gasteiger partial charge is 0.239 e. The summed E-state index contributed by atoms with van der Waals surface area (Å²) in [5.41, 5.74) is 0. The van der Waals surface area contributed by atoms with E-state index in [2.05, 4.69) is 0 Å². The molecule has 1 saturated heterocycles. The SMILES string of the molecule is CC(C(=O)N1CCCCCC1)N(C)CCOc1ccc(F)cc1. The quantitative estimate of drug-likeness (QED) is 0.807. The van der Waals surface area contributed by atoms with Gasteiger partial charge in [0, 0.05) is 19.6 Å². The minimum Gasteiger partial charge on any atom is -0.492 e. The summed E-state index contributed by atoms with van der Waals surface area (Å²) in [5.74, 6) is 0.577. The Morgan fingerprint density at radius 3 is 2.43 bits per heavy atom. The molecule has 0 aromatic heterocycles. The molecule has 0 spiro atoms. The van der Waals surface area contributed by atoms with E-state index >= 15 is 0 Å². The molecule has 1 heterocycles. The highest BCUT2D eigenvalue weighted by Gasteiger charge is 2.24. The zero-order valence-corrected chi connectivity index (χ0v) is 14.1. The number of amides is 1. The average Bonchev–Trinajstić information content (AvgIpc) is 2.84. The number of rotatable bonds is 6. The first-order valence-corrected chi connectivity index (χ1v) is 8.45. The van der Waals surface area contributed by atoms with Crippen molar-refractivity contribution in [3.8, 4) is 5.75 Å². The maximum Gasteiger partial charge on any atom is 0.239 e. The summed E-state index contributed by atoms with van der Waals surface area (Å²) in [6, 6.07) is 5.84. The van der Waals surface area contributed by atoms with Crippen molar-refractivity contribution in [3.63, 3.8) is 0 Å². The van der Waals surface area contributed by atoms with Gasteiger partial charge in [-0.15, -0.1) is 0 Å². The molecule has 0 saturated carbocycles. The zero-order chi connectivity index (χ0) is 16.7. The maximum absolute atomic E-state index is 12.8. The summed E-state index contributed by atoms with van der Waals surface area (Å²) in [4.78, 5) is 16.6. The highest BCUT2D eigenvalue weighted by atomic mass is 19.1. The normalized spacial score (nSPS) is 17.0. The monoisotopic (exact) mass is 322 g/mol. The van der Waals surface area contributed by atoms with Gasteiger partial charge in [0.2, 0.25) is 5.91 Å². The fraction of sp³-hybridized carbons (Fsp3) is 0.611. The van der Waals surface area contributed by atoms with Gasteiger partial charge in [-0.05, 0) is 51.1 Å². The van der Waals surface area contributed by atoms with Crippen LogP contribution in [0.1, 0.15) is 32.6 Å². The number of benzene rings is 1. The average molecular weight is 322 g/mol. The molecule has 0 aliphatic carbocycles. The molecule has 1 fully saturated rings. The molecule has 0 radical (unpaired) electrons. The number of likely N-dealkylation sites (N-methyl/N-ethyl adjacent to an activating group) is 1.